The SMILES string of the molecule is CCO/C(=C/c1sc2cc(OC)c3ccsc3c2[n+]1CCCS(=O)(=O)[O-])CC. The van der Waals surface area contributed by atoms with Crippen LogP contribution in [0, 0.1) is 0 Å². The predicted octanol–water partition coefficient (Wildman–Crippen LogP) is 4.13. The average Bonchev–Trinajstić information content (AvgIpc) is 3.24. The fraction of sp³-hybridized carbons (Fsp3) is 0.421. The molecule has 152 valence electrons. The van der Waals surface area contributed by atoms with Crippen LogP contribution in [0.3, 0.4) is 0 Å². The molecule has 0 aliphatic carbocycles. The molecule has 2 heterocycles. The van der Waals surface area contributed by atoms with Gasteiger partial charge in [0.25, 0.3) is 5.01 Å². The lowest BCUT2D eigenvalue weighted by atomic mass is 10.2. The molecule has 0 bridgehead atoms. The first-order valence-electron chi connectivity index (χ1n) is 9.05. The third kappa shape index (κ3) is 4.48. The summed E-state index contributed by atoms with van der Waals surface area (Å²) in [5.74, 6) is 1.31. The quantitative estimate of drug-likeness (QED) is 0.283. The Kier molecular flexibility index (Phi) is 6.59. The molecule has 0 saturated heterocycles. The van der Waals surface area contributed by atoms with Crippen molar-refractivity contribution in [1.82, 2.24) is 0 Å². The minimum absolute atomic E-state index is 0.262. The molecular weight excluding hydrogens is 418 g/mol. The third-order valence-electron chi connectivity index (χ3n) is 4.35. The van der Waals surface area contributed by atoms with Gasteiger partial charge < -0.3 is 14.0 Å². The normalized spacial score (nSPS) is 12.8. The van der Waals surface area contributed by atoms with Crippen molar-refractivity contribution < 1.29 is 27.0 Å². The van der Waals surface area contributed by atoms with Crippen LogP contribution < -0.4 is 9.30 Å². The van der Waals surface area contributed by atoms with Crippen LogP contribution >= 0.6 is 22.7 Å². The molecule has 0 aliphatic rings. The summed E-state index contributed by atoms with van der Waals surface area (Å²) in [7, 11) is -2.58. The zero-order valence-corrected chi connectivity index (χ0v) is 18.5. The average molecular weight is 442 g/mol. The molecule has 0 aliphatic heterocycles. The Hall–Kier alpha value is -1.68. The molecule has 1 aromatic carbocycles. The first-order valence-corrected chi connectivity index (χ1v) is 12.3. The van der Waals surface area contributed by atoms with Crippen molar-refractivity contribution in [2.45, 2.75) is 33.2 Å². The maximum Gasteiger partial charge on any atom is 0.266 e. The fourth-order valence-corrected chi connectivity index (χ4v) is 5.84. The lowest BCUT2D eigenvalue weighted by Crippen LogP contribution is -2.36. The van der Waals surface area contributed by atoms with Gasteiger partial charge >= 0.3 is 0 Å². The second-order valence-corrected chi connectivity index (χ2v) is 9.70. The summed E-state index contributed by atoms with van der Waals surface area (Å²) in [5, 5.41) is 4.01. The smallest absolute Gasteiger partial charge is 0.266 e. The summed E-state index contributed by atoms with van der Waals surface area (Å²) >= 11 is 3.23. The van der Waals surface area contributed by atoms with E-state index in [1.54, 1.807) is 29.8 Å². The number of thiophene rings is 1. The lowest BCUT2D eigenvalue weighted by molar-refractivity contribution is -0.667. The maximum atomic E-state index is 11.1. The van der Waals surface area contributed by atoms with Gasteiger partial charge in [-0.2, -0.15) is 4.57 Å². The summed E-state index contributed by atoms with van der Waals surface area (Å²) in [5.41, 5.74) is 1.04. The minimum atomic E-state index is -4.24. The number of ether oxygens (including phenoxy) is 2. The van der Waals surface area contributed by atoms with Crippen LogP contribution in [0.15, 0.2) is 23.3 Å². The second-order valence-electron chi connectivity index (χ2n) is 6.19. The van der Waals surface area contributed by atoms with E-state index in [0.29, 0.717) is 13.2 Å². The number of aromatic nitrogens is 1. The summed E-state index contributed by atoms with van der Waals surface area (Å²) in [6.45, 7) is 5.00. The number of nitrogens with zero attached hydrogens (tertiary/aromatic N) is 1. The van der Waals surface area contributed by atoms with Gasteiger partial charge in [-0.15, -0.1) is 11.3 Å². The van der Waals surface area contributed by atoms with Gasteiger partial charge in [0.1, 0.15) is 20.9 Å². The molecule has 3 aromatic rings. The van der Waals surface area contributed by atoms with E-state index in [1.165, 1.54) is 0 Å². The van der Waals surface area contributed by atoms with Crippen LogP contribution in [0.4, 0.5) is 0 Å². The van der Waals surface area contributed by atoms with E-state index in [9.17, 15) is 13.0 Å². The first-order chi connectivity index (χ1) is 13.4. The molecule has 9 heteroatoms. The molecule has 0 atom stereocenters. The number of hydrogen-bond acceptors (Lipinski definition) is 7. The maximum absolute atomic E-state index is 11.1. The van der Waals surface area contributed by atoms with Crippen LogP contribution in [0.25, 0.3) is 26.4 Å². The fourth-order valence-electron chi connectivity index (χ4n) is 3.14. The largest absolute Gasteiger partial charge is 0.748 e. The Morgan fingerprint density at radius 3 is 2.79 bits per heavy atom. The monoisotopic (exact) mass is 441 g/mol. The van der Waals surface area contributed by atoms with Crippen molar-refractivity contribution in [2.75, 3.05) is 19.5 Å². The number of rotatable bonds is 9. The van der Waals surface area contributed by atoms with E-state index >= 15 is 0 Å². The van der Waals surface area contributed by atoms with E-state index in [1.807, 2.05) is 37.4 Å². The van der Waals surface area contributed by atoms with Crippen molar-refractivity contribution >= 4 is 59.2 Å². The van der Waals surface area contributed by atoms with Gasteiger partial charge in [-0.05, 0) is 18.4 Å². The van der Waals surface area contributed by atoms with E-state index in [2.05, 4.69) is 4.57 Å². The third-order valence-corrected chi connectivity index (χ3v) is 7.14. The number of allylic oxidation sites excluding steroid dienone is 1. The number of aryl methyl sites for hydroxylation is 1. The molecule has 0 spiro atoms. The Balaban J connectivity index is 2.18. The zero-order chi connectivity index (χ0) is 20.3. The molecular formula is C19H23NO5S3. The molecule has 3 rings (SSSR count). The molecule has 0 radical (unpaired) electrons. The van der Waals surface area contributed by atoms with E-state index in [4.69, 9.17) is 9.47 Å². The minimum Gasteiger partial charge on any atom is -0.748 e. The van der Waals surface area contributed by atoms with Gasteiger partial charge in [0.15, 0.2) is 6.54 Å². The van der Waals surface area contributed by atoms with Crippen LogP contribution in [-0.4, -0.2) is 32.4 Å². The van der Waals surface area contributed by atoms with E-state index < -0.39 is 10.1 Å². The van der Waals surface area contributed by atoms with Crippen LogP contribution in [0.1, 0.15) is 31.7 Å². The second kappa shape index (κ2) is 8.77. The van der Waals surface area contributed by atoms with Crippen molar-refractivity contribution in [3.63, 3.8) is 0 Å². The highest BCUT2D eigenvalue weighted by Crippen LogP contribution is 2.38. The highest BCUT2D eigenvalue weighted by atomic mass is 32.2. The Morgan fingerprint density at radius 1 is 1.36 bits per heavy atom. The summed E-state index contributed by atoms with van der Waals surface area (Å²) in [4.78, 5) is 0. The molecule has 0 amide bonds. The highest BCUT2D eigenvalue weighted by Gasteiger charge is 2.25. The summed E-state index contributed by atoms with van der Waals surface area (Å²) in [6.07, 6.45) is 3.03. The van der Waals surface area contributed by atoms with Crippen molar-refractivity contribution in [3.05, 3.63) is 28.3 Å². The number of fused-ring (bicyclic) bond motifs is 3. The number of benzene rings is 1. The van der Waals surface area contributed by atoms with E-state index in [-0.39, 0.29) is 12.2 Å². The van der Waals surface area contributed by atoms with Crippen LogP contribution in [0.2, 0.25) is 0 Å². The standard InChI is InChI=1S/C19H23NO5S3/c1-4-13(25-5-2)11-17-20(8-6-10-28(21,22)23)18-16(27-17)12-15(24-3)14-7-9-26-19(14)18/h7,9,11-12H,4-6,8,10H2,1-3H3/b13-11+. The van der Waals surface area contributed by atoms with Crippen molar-refractivity contribution in [3.8, 4) is 5.75 Å². The van der Waals surface area contributed by atoms with Gasteiger partial charge in [0, 0.05) is 30.0 Å². The van der Waals surface area contributed by atoms with Crippen LogP contribution in [-0.2, 0) is 21.4 Å². The number of methoxy groups -OCH3 is 1. The van der Waals surface area contributed by atoms with Crippen molar-refractivity contribution in [2.24, 2.45) is 0 Å². The van der Waals surface area contributed by atoms with Gasteiger partial charge in [-0.25, -0.2) is 8.42 Å². The predicted molar refractivity (Wildman–Crippen MR) is 113 cm³/mol. The van der Waals surface area contributed by atoms with E-state index in [0.717, 1.165) is 43.2 Å². The Labute approximate surface area is 172 Å². The molecule has 0 fully saturated rings. The highest BCUT2D eigenvalue weighted by molar-refractivity contribution is 7.85. The summed E-state index contributed by atoms with van der Waals surface area (Å²) in [6, 6.07) is 4.04. The Bertz CT molecular complexity index is 1110. The van der Waals surface area contributed by atoms with Gasteiger partial charge in [0.05, 0.1) is 29.9 Å². The van der Waals surface area contributed by atoms with Crippen LogP contribution in [0.5, 0.6) is 5.75 Å². The lowest BCUT2D eigenvalue weighted by Gasteiger charge is -2.06. The molecule has 2 aromatic heterocycles. The van der Waals surface area contributed by atoms with Gasteiger partial charge in [-0.1, -0.05) is 18.3 Å². The topological polar surface area (TPSA) is 79.5 Å². The molecule has 0 unspecified atom stereocenters. The van der Waals surface area contributed by atoms with Gasteiger partial charge in [0.2, 0.25) is 5.52 Å². The first kappa shape index (κ1) is 21.0. The zero-order valence-electron chi connectivity index (χ0n) is 16.1. The van der Waals surface area contributed by atoms with Crippen molar-refractivity contribution in [1.29, 1.82) is 0 Å². The van der Waals surface area contributed by atoms with Gasteiger partial charge in [-0.3, -0.25) is 0 Å². The number of hydrogen-bond donors (Lipinski definition) is 0. The molecule has 28 heavy (non-hydrogen) atoms. The molecule has 0 N–H and O–H groups in total. The number of thiazole rings is 1. The Morgan fingerprint density at radius 2 is 2.14 bits per heavy atom. The summed E-state index contributed by atoms with van der Waals surface area (Å²) < 4.78 is 48.7. The molecule has 0 saturated carbocycles. The molecule has 6 nitrogen and oxygen atoms in total.